The molecule has 0 saturated heterocycles. The van der Waals surface area contributed by atoms with Crippen LogP contribution in [0, 0.1) is 14.9 Å². The van der Waals surface area contributed by atoms with Gasteiger partial charge in [-0.2, -0.15) is 5.26 Å². The van der Waals surface area contributed by atoms with Gasteiger partial charge in [-0.05, 0) is 71.0 Å². The summed E-state index contributed by atoms with van der Waals surface area (Å²) in [6, 6.07) is 15.8. The van der Waals surface area contributed by atoms with Crippen LogP contribution in [0.1, 0.15) is 18.1 Å². The summed E-state index contributed by atoms with van der Waals surface area (Å²) in [6.45, 7) is 2.49. The molecule has 112 valence electrons. The van der Waals surface area contributed by atoms with Crippen LogP contribution in [-0.4, -0.2) is 13.7 Å². The molecule has 2 aromatic carbocycles. The lowest BCUT2D eigenvalue weighted by molar-refractivity contribution is 0.311. The number of ether oxygens (including phenoxy) is 2. The molecule has 0 fully saturated rings. The monoisotopic (exact) mass is 405 g/mol. The highest BCUT2D eigenvalue weighted by Gasteiger charge is 2.06. The molecule has 0 radical (unpaired) electrons. The molecular formula is C18H16INO2. The van der Waals surface area contributed by atoms with Crippen LogP contribution in [0.25, 0.3) is 11.6 Å². The fourth-order valence-electron chi connectivity index (χ4n) is 2.03. The van der Waals surface area contributed by atoms with Gasteiger partial charge in [0.25, 0.3) is 0 Å². The van der Waals surface area contributed by atoms with Crippen LogP contribution < -0.4 is 9.47 Å². The molecule has 0 saturated carbocycles. The van der Waals surface area contributed by atoms with Gasteiger partial charge in [0.05, 0.1) is 25.4 Å². The number of hydrogen-bond donors (Lipinski definition) is 0. The van der Waals surface area contributed by atoms with Crippen molar-refractivity contribution in [1.82, 2.24) is 0 Å². The summed E-state index contributed by atoms with van der Waals surface area (Å²) in [5, 5.41) is 9.41. The molecule has 0 unspecified atom stereocenters. The van der Waals surface area contributed by atoms with E-state index in [-0.39, 0.29) is 0 Å². The Morgan fingerprint density at radius 1 is 1.18 bits per heavy atom. The van der Waals surface area contributed by atoms with Crippen LogP contribution in [0.3, 0.4) is 0 Å². The van der Waals surface area contributed by atoms with Gasteiger partial charge in [-0.3, -0.25) is 0 Å². The van der Waals surface area contributed by atoms with Crippen molar-refractivity contribution in [3.8, 4) is 17.6 Å². The Morgan fingerprint density at radius 2 is 1.91 bits per heavy atom. The number of nitrogens with zero attached hydrogens (tertiary/aromatic N) is 1. The second-order valence-electron chi connectivity index (χ2n) is 4.52. The number of hydrogen-bond acceptors (Lipinski definition) is 3. The second kappa shape index (κ2) is 7.85. The van der Waals surface area contributed by atoms with Gasteiger partial charge >= 0.3 is 0 Å². The molecule has 3 nitrogen and oxygen atoms in total. The average Bonchev–Trinajstić information content (AvgIpc) is 2.54. The fraction of sp³-hybridized carbons (Fsp3) is 0.167. The van der Waals surface area contributed by atoms with Crippen LogP contribution in [0.2, 0.25) is 0 Å². The Bertz CT molecular complexity index is 715. The zero-order valence-electron chi connectivity index (χ0n) is 12.5. The molecule has 0 spiro atoms. The number of allylic oxidation sites excluding steroid dienone is 1. The lowest BCUT2D eigenvalue weighted by atomic mass is 10.0. The van der Waals surface area contributed by atoms with Crippen LogP contribution >= 0.6 is 22.6 Å². The Morgan fingerprint density at radius 3 is 2.50 bits per heavy atom. The minimum Gasteiger partial charge on any atom is -0.493 e. The van der Waals surface area contributed by atoms with Crippen LogP contribution in [0.15, 0.2) is 42.5 Å². The van der Waals surface area contributed by atoms with Gasteiger partial charge in [0, 0.05) is 3.57 Å². The van der Waals surface area contributed by atoms with Gasteiger partial charge in [0.2, 0.25) is 0 Å². The summed E-state index contributed by atoms with van der Waals surface area (Å²) < 4.78 is 12.0. The first-order valence-electron chi connectivity index (χ1n) is 6.86. The van der Waals surface area contributed by atoms with Crippen molar-refractivity contribution in [2.45, 2.75) is 6.92 Å². The average molecular weight is 405 g/mol. The Kier molecular flexibility index (Phi) is 5.84. The number of methoxy groups -OCH3 is 1. The van der Waals surface area contributed by atoms with Crippen LogP contribution in [0.5, 0.6) is 11.5 Å². The number of nitriles is 1. The topological polar surface area (TPSA) is 42.2 Å². The highest BCUT2D eigenvalue weighted by Crippen LogP contribution is 2.29. The SMILES string of the molecule is CCOc1cc(/C=C(/C#N)c2ccc(I)cc2)ccc1OC. The van der Waals surface area contributed by atoms with Gasteiger partial charge in [-0.1, -0.05) is 18.2 Å². The minimum atomic E-state index is 0.561. The zero-order valence-corrected chi connectivity index (χ0v) is 14.6. The summed E-state index contributed by atoms with van der Waals surface area (Å²) in [5.41, 5.74) is 2.42. The Hall–Kier alpha value is -2.00. The quantitative estimate of drug-likeness (QED) is 0.409. The van der Waals surface area contributed by atoms with Gasteiger partial charge in [-0.25, -0.2) is 0 Å². The van der Waals surface area contributed by atoms with Gasteiger partial charge in [-0.15, -0.1) is 0 Å². The first-order chi connectivity index (χ1) is 10.7. The van der Waals surface area contributed by atoms with E-state index in [4.69, 9.17) is 9.47 Å². The normalized spacial score (nSPS) is 10.9. The second-order valence-corrected chi connectivity index (χ2v) is 5.77. The van der Waals surface area contributed by atoms with E-state index in [1.165, 1.54) is 0 Å². The lowest BCUT2D eigenvalue weighted by Crippen LogP contribution is -1.95. The van der Waals surface area contributed by atoms with E-state index in [1.807, 2.05) is 55.5 Å². The van der Waals surface area contributed by atoms with Gasteiger partial charge in [0.15, 0.2) is 11.5 Å². The van der Waals surface area contributed by atoms with E-state index >= 15 is 0 Å². The largest absolute Gasteiger partial charge is 0.493 e. The molecule has 0 amide bonds. The minimum absolute atomic E-state index is 0.561. The lowest BCUT2D eigenvalue weighted by Gasteiger charge is -2.10. The number of benzene rings is 2. The zero-order chi connectivity index (χ0) is 15.9. The molecule has 0 bridgehead atoms. The maximum atomic E-state index is 9.41. The van der Waals surface area contributed by atoms with Crippen molar-refractivity contribution in [3.05, 3.63) is 57.2 Å². The first kappa shape index (κ1) is 16.4. The standard InChI is InChI=1S/C18H16INO2/c1-3-22-18-11-13(4-9-17(18)21-2)10-15(12-20)14-5-7-16(19)8-6-14/h4-11H,3H2,1-2H3/b15-10-. The molecule has 2 rings (SSSR count). The summed E-state index contributed by atoms with van der Waals surface area (Å²) in [7, 11) is 1.61. The van der Waals surface area contributed by atoms with E-state index in [9.17, 15) is 5.26 Å². The van der Waals surface area contributed by atoms with E-state index in [0.717, 1.165) is 14.7 Å². The number of halogens is 1. The molecule has 0 aromatic heterocycles. The van der Waals surface area contributed by atoms with E-state index < -0.39 is 0 Å². The van der Waals surface area contributed by atoms with Crippen molar-refractivity contribution in [1.29, 1.82) is 5.26 Å². The molecule has 2 aromatic rings. The molecule has 0 heterocycles. The van der Waals surface area contributed by atoms with Crippen LogP contribution in [0.4, 0.5) is 0 Å². The summed E-state index contributed by atoms with van der Waals surface area (Å²) >= 11 is 2.24. The third-order valence-corrected chi connectivity index (χ3v) is 3.79. The number of rotatable bonds is 5. The van der Waals surface area contributed by atoms with Crippen molar-refractivity contribution < 1.29 is 9.47 Å². The molecule has 0 aliphatic rings. The molecule has 0 N–H and O–H groups in total. The van der Waals surface area contributed by atoms with Gasteiger partial charge in [0.1, 0.15) is 0 Å². The smallest absolute Gasteiger partial charge is 0.161 e. The molecule has 0 aliphatic heterocycles. The predicted molar refractivity (Wildman–Crippen MR) is 96.8 cm³/mol. The highest BCUT2D eigenvalue weighted by molar-refractivity contribution is 14.1. The molecule has 22 heavy (non-hydrogen) atoms. The van der Waals surface area contributed by atoms with Crippen LogP contribution in [-0.2, 0) is 0 Å². The van der Waals surface area contributed by atoms with Crippen molar-refractivity contribution in [2.75, 3.05) is 13.7 Å². The maximum absolute atomic E-state index is 9.41. The van der Waals surface area contributed by atoms with Crippen molar-refractivity contribution >= 4 is 34.2 Å². The van der Waals surface area contributed by atoms with Crippen molar-refractivity contribution in [2.24, 2.45) is 0 Å². The van der Waals surface area contributed by atoms with E-state index in [2.05, 4.69) is 28.7 Å². The fourth-order valence-corrected chi connectivity index (χ4v) is 2.39. The molecule has 0 atom stereocenters. The van der Waals surface area contributed by atoms with Crippen molar-refractivity contribution in [3.63, 3.8) is 0 Å². The summed E-state index contributed by atoms with van der Waals surface area (Å²) in [4.78, 5) is 0. The van der Waals surface area contributed by atoms with E-state index in [0.29, 0.717) is 23.7 Å². The first-order valence-corrected chi connectivity index (χ1v) is 7.94. The van der Waals surface area contributed by atoms with Gasteiger partial charge < -0.3 is 9.47 Å². The molecule has 4 heteroatoms. The maximum Gasteiger partial charge on any atom is 0.161 e. The third-order valence-electron chi connectivity index (χ3n) is 3.07. The molecule has 0 aliphatic carbocycles. The predicted octanol–water partition coefficient (Wildman–Crippen LogP) is 4.76. The Labute approximate surface area is 144 Å². The summed E-state index contributed by atoms with van der Waals surface area (Å²) in [6.07, 6.45) is 1.85. The summed E-state index contributed by atoms with van der Waals surface area (Å²) in [5.74, 6) is 1.37. The third kappa shape index (κ3) is 4.01. The highest BCUT2D eigenvalue weighted by atomic mass is 127. The Balaban J connectivity index is 2.39. The van der Waals surface area contributed by atoms with E-state index in [1.54, 1.807) is 7.11 Å². The molecular weight excluding hydrogens is 389 g/mol.